The summed E-state index contributed by atoms with van der Waals surface area (Å²) >= 11 is 0. The van der Waals surface area contributed by atoms with E-state index in [1.54, 1.807) is 7.11 Å². The molecule has 0 saturated carbocycles. The summed E-state index contributed by atoms with van der Waals surface area (Å²) < 4.78 is 5.01. The van der Waals surface area contributed by atoms with Crippen molar-refractivity contribution in [2.24, 2.45) is 16.0 Å². The Morgan fingerprint density at radius 2 is 2.09 bits per heavy atom. The van der Waals surface area contributed by atoms with Crippen LogP contribution >= 0.6 is 0 Å². The maximum atomic E-state index is 12.8. The molecule has 2 rings (SSSR count). The number of hydrazone groups is 1. The molecule has 0 spiro atoms. The molecule has 0 N–H and O–H groups in total. The average Bonchev–Trinajstić information content (AvgIpc) is 2.85. The number of anilines is 1. The maximum absolute atomic E-state index is 12.8. The number of hydrogen-bond acceptors (Lipinski definition) is 4. The van der Waals surface area contributed by atoms with Crippen molar-refractivity contribution in [1.29, 1.82) is 0 Å². The van der Waals surface area contributed by atoms with Gasteiger partial charge in [-0.3, -0.25) is 9.79 Å². The quantitative estimate of drug-likeness (QED) is 0.574. The van der Waals surface area contributed by atoms with E-state index in [4.69, 9.17) is 4.74 Å². The first-order valence-electron chi connectivity index (χ1n) is 7.65. The van der Waals surface area contributed by atoms with Crippen LogP contribution < -0.4 is 5.01 Å². The van der Waals surface area contributed by atoms with E-state index in [1.165, 1.54) is 5.01 Å². The number of amides is 1. The first-order chi connectivity index (χ1) is 10.7. The summed E-state index contributed by atoms with van der Waals surface area (Å²) in [5.74, 6) is -0.356. The second-order valence-electron chi connectivity index (χ2n) is 5.28. The van der Waals surface area contributed by atoms with Crippen molar-refractivity contribution in [3.05, 3.63) is 30.3 Å². The third kappa shape index (κ3) is 3.60. The minimum absolute atomic E-state index is 0.0201. The van der Waals surface area contributed by atoms with Crippen LogP contribution in [0.5, 0.6) is 0 Å². The normalized spacial score (nSPS) is 18.8. The second-order valence-corrected chi connectivity index (χ2v) is 5.28. The molecule has 1 heterocycles. The van der Waals surface area contributed by atoms with Crippen LogP contribution in [0.2, 0.25) is 0 Å². The lowest BCUT2D eigenvalue weighted by atomic mass is 9.95. The van der Waals surface area contributed by atoms with Gasteiger partial charge in [-0.15, -0.1) is 0 Å². The number of hydrogen-bond donors (Lipinski definition) is 0. The van der Waals surface area contributed by atoms with Gasteiger partial charge in [0.2, 0.25) is 0 Å². The van der Waals surface area contributed by atoms with Crippen LogP contribution in [0.1, 0.15) is 26.7 Å². The van der Waals surface area contributed by atoms with Crippen LogP contribution in [0.4, 0.5) is 5.69 Å². The Hall–Kier alpha value is -2.01. The van der Waals surface area contributed by atoms with Gasteiger partial charge in [-0.25, -0.2) is 0 Å². The van der Waals surface area contributed by atoms with Crippen LogP contribution in [0.15, 0.2) is 40.4 Å². The molecule has 0 saturated heterocycles. The Balaban J connectivity index is 2.25. The summed E-state index contributed by atoms with van der Waals surface area (Å²) in [6, 6.07) is 9.53. The Morgan fingerprint density at radius 1 is 1.36 bits per heavy atom. The van der Waals surface area contributed by atoms with E-state index in [9.17, 15) is 4.79 Å². The zero-order valence-corrected chi connectivity index (χ0v) is 13.5. The SMILES string of the molecule is CCCC1=NN(c2ccccc2)C(=O)[C@@H]1C(C)=NCCOC. The molecule has 1 atom stereocenters. The smallest absolute Gasteiger partial charge is 0.261 e. The summed E-state index contributed by atoms with van der Waals surface area (Å²) in [5.41, 5.74) is 2.51. The van der Waals surface area contributed by atoms with Crippen LogP contribution in [-0.4, -0.2) is 37.6 Å². The number of rotatable bonds is 7. The van der Waals surface area contributed by atoms with Gasteiger partial charge in [0, 0.05) is 12.8 Å². The highest BCUT2D eigenvalue weighted by Gasteiger charge is 2.37. The van der Waals surface area contributed by atoms with Crippen molar-refractivity contribution in [3.8, 4) is 0 Å². The summed E-state index contributed by atoms with van der Waals surface area (Å²) in [6.45, 7) is 5.11. The average molecular weight is 301 g/mol. The third-order valence-corrected chi connectivity index (χ3v) is 3.60. The fourth-order valence-corrected chi connectivity index (χ4v) is 2.53. The number of aliphatic imine (C=N–C) groups is 1. The van der Waals surface area contributed by atoms with Gasteiger partial charge in [0.05, 0.1) is 24.6 Å². The molecule has 5 heteroatoms. The predicted molar refractivity (Wildman–Crippen MR) is 89.6 cm³/mol. The number of carbonyl (C=O) groups excluding carboxylic acids is 1. The minimum atomic E-state index is -0.336. The largest absolute Gasteiger partial charge is 0.383 e. The van der Waals surface area contributed by atoms with Gasteiger partial charge in [0.15, 0.2) is 0 Å². The van der Waals surface area contributed by atoms with E-state index >= 15 is 0 Å². The molecule has 22 heavy (non-hydrogen) atoms. The van der Waals surface area contributed by atoms with E-state index in [0.717, 1.165) is 30.0 Å². The zero-order valence-electron chi connectivity index (χ0n) is 13.5. The minimum Gasteiger partial charge on any atom is -0.383 e. The number of benzene rings is 1. The standard InChI is InChI=1S/C17H23N3O2/c1-4-8-15-16(13(2)18-11-12-22-3)17(21)20(19-15)14-9-6-5-7-10-14/h5-7,9-10,16H,4,8,11-12H2,1-3H3/t16-/m1/s1. The molecule has 1 aliphatic heterocycles. The van der Waals surface area contributed by atoms with Gasteiger partial charge in [-0.1, -0.05) is 31.5 Å². The molecule has 5 nitrogen and oxygen atoms in total. The summed E-state index contributed by atoms with van der Waals surface area (Å²) in [7, 11) is 1.65. The van der Waals surface area contributed by atoms with Gasteiger partial charge in [0.1, 0.15) is 5.92 Å². The van der Waals surface area contributed by atoms with Crippen molar-refractivity contribution in [3.63, 3.8) is 0 Å². The number of para-hydroxylation sites is 1. The first-order valence-corrected chi connectivity index (χ1v) is 7.65. The highest BCUT2D eigenvalue weighted by molar-refractivity contribution is 6.28. The molecule has 0 aromatic heterocycles. The Morgan fingerprint density at radius 3 is 2.73 bits per heavy atom. The maximum Gasteiger partial charge on any atom is 0.261 e. The fraction of sp³-hybridized carbons (Fsp3) is 0.471. The monoisotopic (exact) mass is 301 g/mol. The van der Waals surface area contributed by atoms with E-state index in [1.807, 2.05) is 37.3 Å². The molecule has 0 unspecified atom stereocenters. The van der Waals surface area contributed by atoms with Crippen molar-refractivity contribution in [2.75, 3.05) is 25.3 Å². The van der Waals surface area contributed by atoms with Gasteiger partial charge in [-0.2, -0.15) is 10.1 Å². The van der Waals surface area contributed by atoms with E-state index in [2.05, 4.69) is 17.0 Å². The molecule has 0 radical (unpaired) electrons. The molecule has 1 amide bonds. The molecule has 0 bridgehead atoms. The van der Waals surface area contributed by atoms with Gasteiger partial charge in [0.25, 0.3) is 5.91 Å². The van der Waals surface area contributed by atoms with E-state index < -0.39 is 0 Å². The lowest BCUT2D eigenvalue weighted by Gasteiger charge is -2.14. The number of nitrogens with zero attached hydrogens (tertiary/aromatic N) is 3. The lowest BCUT2D eigenvalue weighted by molar-refractivity contribution is -0.118. The van der Waals surface area contributed by atoms with Crippen LogP contribution in [0, 0.1) is 5.92 Å². The zero-order chi connectivity index (χ0) is 15.9. The summed E-state index contributed by atoms with van der Waals surface area (Å²) in [5, 5.41) is 6.05. The highest BCUT2D eigenvalue weighted by atomic mass is 16.5. The van der Waals surface area contributed by atoms with Crippen LogP contribution in [0.3, 0.4) is 0 Å². The number of carbonyl (C=O) groups is 1. The van der Waals surface area contributed by atoms with Crippen molar-refractivity contribution < 1.29 is 9.53 Å². The molecule has 118 valence electrons. The first kappa shape index (κ1) is 16.4. The van der Waals surface area contributed by atoms with E-state index in [-0.39, 0.29) is 11.8 Å². The Labute approximate surface area is 131 Å². The van der Waals surface area contributed by atoms with Crippen molar-refractivity contribution in [1.82, 2.24) is 0 Å². The molecule has 0 fully saturated rings. The highest BCUT2D eigenvalue weighted by Crippen LogP contribution is 2.26. The molecule has 0 aliphatic carbocycles. The van der Waals surface area contributed by atoms with Crippen molar-refractivity contribution in [2.45, 2.75) is 26.7 Å². The molecular formula is C17H23N3O2. The predicted octanol–water partition coefficient (Wildman–Crippen LogP) is 2.91. The second kappa shape index (κ2) is 7.84. The Bertz CT molecular complexity index is 567. The van der Waals surface area contributed by atoms with E-state index in [0.29, 0.717) is 13.2 Å². The third-order valence-electron chi connectivity index (χ3n) is 3.60. The molecule has 1 aromatic rings. The molecule has 1 aromatic carbocycles. The molecule has 1 aliphatic rings. The fourth-order valence-electron chi connectivity index (χ4n) is 2.53. The summed E-state index contributed by atoms with van der Waals surface area (Å²) in [6.07, 6.45) is 1.76. The topological polar surface area (TPSA) is 54.3 Å². The van der Waals surface area contributed by atoms with Gasteiger partial charge >= 0.3 is 0 Å². The van der Waals surface area contributed by atoms with Crippen LogP contribution in [-0.2, 0) is 9.53 Å². The van der Waals surface area contributed by atoms with Gasteiger partial charge in [-0.05, 0) is 25.5 Å². The molecular weight excluding hydrogens is 278 g/mol. The lowest BCUT2D eigenvalue weighted by Crippen LogP contribution is -2.32. The number of ether oxygens (including phenoxy) is 1. The Kier molecular flexibility index (Phi) is 5.83. The summed E-state index contributed by atoms with van der Waals surface area (Å²) in [4.78, 5) is 17.2. The number of methoxy groups -OCH3 is 1. The van der Waals surface area contributed by atoms with Gasteiger partial charge < -0.3 is 4.74 Å². The van der Waals surface area contributed by atoms with Crippen LogP contribution in [0.25, 0.3) is 0 Å². The van der Waals surface area contributed by atoms with Crippen molar-refractivity contribution >= 4 is 23.0 Å².